The van der Waals surface area contributed by atoms with Gasteiger partial charge in [0.05, 0.1) is 16.2 Å². The Morgan fingerprint density at radius 3 is 2.65 bits per heavy atom. The smallest absolute Gasteiger partial charge is 0.145 e. The first-order valence-electron chi connectivity index (χ1n) is 4.76. The van der Waals surface area contributed by atoms with Crippen molar-refractivity contribution >= 4 is 15.9 Å². The lowest BCUT2D eigenvalue weighted by molar-refractivity contribution is 0.536. The molecule has 2 rings (SSSR count). The SMILES string of the molecule is NC(c1ccncn1)c1c(F)ccc(Br)c1F. The van der Waals surface area contributed by atoms with Gasteiger partial charge >= 0.3 is 0 Å². The van der Waals surface area contributed by atoms with Crippen LogP contribution in [0.3, 0.4) is 0 Å². The van der Waals surface area contributed by atoms with Crippen molar-refractivity contribution in [2.75, 3.05) is 0 Å². The Balaban J connectivity index is 2.51. The van der Waals surface area contributed by atoms with E-state index >= 15 is 0 Å². The Bertz CT molecular complexity index is 534. The van der Waals surface area contributed by atoms with Gasteiger partial charge in [0.25, 0.3) is 0 Å². The average Bonchev–Trinajstić information content (AvgIpc) is 2.35. The van der Waals surface area contributed by atoms with E-state index < -0.39 is 17.7 Å². The molecule has 0 bridgehead atoms. The second-order valence-electron chi connectivity index (χ2n) is 3.37. The third-order valence-electron chi connectivity index (χ3n) is 2.31. The van der Waals surface area contributed by atoms with Crippen LogP contribution in [0.15, 0.2) is 35.2 Å². The van der Waals surface area contributed by atoms with Crippen LogP contribution in [-0.4, -0.2) is 9.97 Å². The highest BCUT2D eigenvalue weighted by Crippen LogP contribution is 2.28. The van der Waals surface area contributed by atoms with E-state index in [2.05, 4.69) is 25.9 Å². The van der Waals surface area contributed by atoms with Crippen molar-refractivity contribution in [1.82, 2.24) is 9.97 Å². The highest BCUT2D eigenvalue weighted by molar-refractivity contribution is 9.10. The number of rotatable bonds is 2. The van der Waals surface area contributed by atoms with Crippen molar-refractivity contribution in [1.29, 1.82) is 0 Å². The number of hydrogen-bond acceptors (Lipinski definition) is 3. The highest BCUT2D eigenvalue weighted by atomic mass is 79.9. The van der Waals surface area contributed by atoms with Gasteiger partial charge in [-0.05, 0) is 34.1 Å². The topological polar surface area (TPSA) is 51.8 Å². The van der Waals surface area contributed by atoms with Crippen LogP contribution >= 0.6 is 15.9 Å². The summed E-state index contributed by atoms with van der Waals surface area (Å²) < 4.78 is 27.5. The van der Waals surface area contributed by atoms with E-state index in [-0.39, 0.29) is 10.0 Å². The van der Waals surface area contributed by atoms with Gasteiger partial charge in [-0.25, -0.2) is 18.7 Å². The fourth-order valence-corrected chi connectivity index (χ4v) is 1.81. The lowest BCUT2D eigenvalue weighted by Gasteiger charge is -2.13. The lowest BCUT2D eigenvalue weighted by Crippen LogP contribution is -2.17. The largest absolute Gasteiger partial charge is 0.319 e. The van der Waals surface area contributed by atoms with Crippen LogP contribution < -0.4 is 5.73 Å². The molecule has 3 nitrogen and oxygen atoms in total. The Morgan fingerprint density at radius 1 is 1.24 bits per heavy atom. The van der Waals surface area contributed by atoms with E-state index in [9.17, 15) is 8.78 Å². The zero-order chi connectivity index (χ0) is 12.4. The summed E-state index contributed by atoms with van der Waals surface area (Å²) in [6, 6.07) is 3.00. The molecule has 0 aliphatic rings. The Kier molecular flexibility index (Phi) is 3.44. The molecular weight excluding hydrogens is 292 g/mol. The molecule has 88 valence electrons. The number of hydrogen-bond donors (Lipinski definition) is 1. The molecule has 6 heteroatoms. The van der Waals surface area contributed by atoms with E-state index in [1.165, 1.54) is 24.7 Å². The van der Waals surface area contributed by atoms with Crippen LogP contribution in [0.25, 0.3) is 0 Å². The molecule has 0 aliphatic carbocycles. The summed E-state index contributed by atoms with van der Waals surface area (Å²) in [5, 5.41) is 0. The van der Waals surface area contributed by atoms with Crippen molar-refractivity contribution in [3.63, 3.8) is 0 Å². The zero-order valence-electron chi connectivity index (χ0n) is 8.57. The summed E-state index contributed by atoms with van der Waals surface area (Å²) in [6.45, 7) is 0. The minimum atomic E-state index is -0.962. The first-order valence-corrected chi connectivity index (χ1v) is 5.55. The third kappa shape index (κ3) is 2.32. The molecule has 0 fully saturated rings. The van der Waals surface area contributed by atoms with Gasteiger partial charge in [-0.15, -0.1) is 0 Å². The quantitative estimate of drug-likeness (QED) is 0.867. The van der Waals surface area contributed by atoms with Gasteiger partial charge in [0, 0.05) is 11.8 Å². The minimum Gasteiger partial charge on any atom is -0.319 e. The maximum absolute atomic E-state index is 13.8. The van der Waals surface area contributed by atoms with Crippen LogP contribution in [0.2, 0.25) is 0 Å². The molecule has 0 radical (unpaired) electrons. The Morgan fingerprint density at radius 2 is 2.00 bits per heavy atom. The van der Waals surface area contributed by atoms with Gasteiger partial charge in [-0.3, -0.25) is 0 Å². The van der Waals surface area contributed by atoms with Crippen molar-refractivity contribution in [3.8, 4) is 0 Å². The summed E-state index contributed by atoms with van der Waals surface area (Å²) in [4.78, 5) is 7.60. The Labute approximate surface area is 105 Å². The fraction of sp³-hybridized carbons (Fsp3) is 0.0909. The van der Waals surface area contributed by atoms with E-state index in [1.54, 1.807) is 0 Å². The van der Waals surface area contributed by atoms with Gasteiger partial charge in [0.15, 0.2) is 0 Å². The molecule has 1 heterocycles. The van der Waals surface area contributed by atoms with Crippen LogP contribution in [0.4, 0.5) is 8.78 Å². The number of nitrogens with zero attached hydrogens (tertiary/aromatic N) is 2. The molecule has 0 amide bonds. The summed E-state index contributed by atoms with van der Waals surface area (Å²) in [5.41, 5.74) is 5.94. The minimum absolute atomic E-state index is 0.165. The van der Waals surface area contributed by atoms with Gasteiger partial charge in [0.1, 0.15) is 18.0 Å². The summed E-state index contributed by atoms with van der Waals surface area (Å²) in [5.74, 6) is -1.41. The molecular formula is C11H8BrF2N3. The molecule has 1 unspecified atom stereocenters. The monoisotopic (exact) mass is 299 g/mol. The second kappa shape index (κ2) is 4.85. The van der Waals surface area contributed by atoms with Crippen LogP contribution in [-0.2, 0) is 0 Å². The van der Waals surface area contributed by atoms with Gasteiger partial charge in [-0.1, -0.05) is 0 Å². The van der Waals surface area contributed by atoms with Crippen molar-refractivity contribution in [3.05, 3.63) is 58.1 Å². The number of nitrogens with two attached hydrogens (primary N) is 1. The highest BCUT2D eigenvalue weighted by Gasteiger charge is 2.21. The summed E-state index contributed by atoms with van der Waals surface area (Å²) in [7, 11) is 0. The first-order chi connectivity index (χ1) is 8.11. The predicted molar refractivity (Wildman–Crippen MR) is 62.1 cm³/mol. The van der Waals surface area contributed by atoms with Crippen LogP contribution in [0.1, 0.15) is 17.3 Å². The number of aromatic nitrogens is 2. The maximum atomic E-state index is 13.8. The van der Waals surface area contributed by atoms with Crippen molar-refractivity contribution < 1.29 is 8.78 Å². The van der Waals surface area contributed by atoms with E-state index in [1.807, 2.05) is 0 Å². The third-order valence-corrected chi connectivity index (χ3v) is 2.93. The fourth-order valence-electron chi connectivity index (χ4n) is 1.46. The van der Waals surface area contributed by atoms with Gasteiger partial charge in [0.2, 0.25) is 0 Å². The molecule has 0 spiro atoms. The lowest BCUT2D eigenvalue weighted by atomic mass is 10.0. The van der Waals surface area contributed by atoms with E-state index in [4.69, 9.17) is 5.73 Å². The predicted octanol–water partition coefficient (Wildman–Crippen LogP) is 2.57. The standard InChI is InChI=1S/C11H8BrF2N3/c12-6-1-2-7(13)9(10(6)14)11(15)8-3-4-16-5-17-8/h1-5,11H,15H2. The number of benzene rings is 1. The first kappa shape index (κ1) is 12.1. The van der Waals surface area contributed by atoms with Crippen molar-refractivity contribution in [2.45, 2.75) is 6.04 Å². The zero-order valence-corrected chi connectivity index (χ0v) is 10.2. The molecule has 0 saturated carbocycles. The second-order valence-corrected chi connectivity index (χ2v) is 4.22. The van der Waals surface area contributed by atoms with E-state index in [0.717, 1.165) is 6.07 Å². The average molecular weight is 300 g/mol. The molecule has 2 N–H and O–H groups in total. The van der Waals surface area contributed by atoms with Crippen LogP contribution in [0.5, 0.6) is 0 Å². The van der Waals surface area contributed by atoms with Crippen LogP contribution in [0, 0.1) is 11.6 Å². The Hall–Kier alpha value is -1.40. The van der Waals surface area contributed by atoms with Crippen molar-refractivity contribution in [2.24, 2.45) is 5.73 Å². The molecule has 0 saturated heterocycles. The molecule has 17 heavy (non-hydrogen) atoms. The normalized spacial score (nSPS) is 12.5. The summed E-state index contributed by atoms with van der Waals surface area (Å²) in [6.07, 6.45) is 2.75. The molecule has 0 aliphatic heterocycles. The molecule has 2 aromatic rings. The summed E-state index contributed by atoms with van der Waals surface area (Å²) >= 11 is 2.99. The number of halogens is 3. The molecule has 1 atom stereocenters. The van der Waals surface area contributed by atoms with Gasteiger partial charge < -0.3 is 5.73 Å². The van der Waals surface area contributed by atoms with Gasteiger partial charge in [-0.2, -0.15) is 0 Å². The molecule has 1 aromatic carbocycles. The van der Waals surface area contributed by atoms with E-state index in [0.29, 0.717) is 5.69 Å². The molecule has 1 aromatic heterocycles. The maximum Gasteiger partial charge on any atom is 0.145 e.